The number of hydrogen-bond acceptors (Lipinski definition) is 7. The van der Waals surface area contributed by atoms with E-state index in [2.05, 4.69) is 15.5 Å². The minimum atomic E-state index is -0.569. The number of benzene rings is 2. The number of amides is 1. The van der Waals surface area contributed by atoms with Crippen molar-refractivity contribution in [2.75, 3.05) is 18.2 Å². The van der Waals surface area contributed by atoms with E-state index in [0.29, 0.717) is 16.7 Å². The fraction of sp³-hybridized carbons (Fsp3) is 0.167. The van der Waals surface area contributed by atoms with E-state index in [-0.39, 0.29) is 17.1 Å². The van der Waals surface area contributed by atoms with Crippen molar-refractivity contribution in [1.82, 2.24) is 14.8 Å². The molecule has 0 fully saturated rings. The third kappa shape index (κ3) is 4.29. The zero-order valence-corrected chi connectivity index (χ0v) is 16.0. The number of nitro groups is 1. The molecule has 0 aliphatic rings. The normalized spacial score (nSPS) is 10.5. The van der Waals surface area contributed by atoms with Crippen LogP contribution in [0.3, 0.4) is 0 Å². The van der Waals surface area contributed by atoms with Gasteiger partial charge in [0.05, 0.1) is 23.9 Å². The first-order valence-corrected chi connectivity index (χ1v) is 9.20. The molecule has 28 heavy (non-hydrogen) atoms. The molecular formula is C18H17N5O4S. The maximum absolute atomic E-state index is 12.3. The van der Waals surface area contributed by atoms with E-state index in [1.807, 2.05) is 41.8 Å². The quantitative estimate of drug-likeness (QED) is 0.369. The number of thioether (sulfide) groups is 1. The van der Waals surface area contributed by atoms with Gasteiger partial charge in [0.2, 0.25) is 5.91 Å². The Morgan fingerprint density at radius 3 is 2.68 bits per heavy atom. The number of aromatic nitrogens is 3. The second-order valence-electron chi connectivity index (χ2n) is 5.68. The molecule has 2 aromatic carbocycles. The highest BCUT2D eigenvalue weighted by molar-refractivity contribution is 7.99. The van der Waals surface area contributed by atoms with E-state index in [9.17, 15) is 14.9 Å². The summed E-state index contributed by atoms with van der Waals surface area (Å²) in [6, 6.07) is 13.8. The third-order valence-electron chi connectivity index (χ3n) is 3.82. The molecule has 0 aliphatic carbocycles. The summed E-state index contributed by atoms with van der Waals surface area (Å²) in [4.78, 5) is 23.0. The number of carbonyl (C=O) groups is 1. The second kappa shape index (κ2) is 8.53. The Bertz CT molecular complexity index is 1010. The van der Waals surface area contributed by atoms with Crippen molar-refractivity contribution in [3.63, 3.8) is 0 Å². The lowest BCUT2D eigenvalue weighted by atomic mass is 10.2. The van der Waals surface area contributed by atoms with Gasteiger partial charge in [0.15, 0.2) is 5.16 Å². The molecule has 1 aromatic heterocycles. The molecule has 1 amide bonds. The van der Waals surface area contributed by atoms with Crippen LogP contribution in [0.15, 0.2) is 53.7 Å². The van der Waals surface area contributed by atoms with Gasteiger partial charge in [-0.05, 0) is 31.2 Å². The molecule has 10 heteroatoms. The van der Waals surface area contributed by atoms with Gasteiger partial charge in [0, 0.05) is 5.69 Å². The van der Waals surface area contributed by atoms with Crippen molar-refractivity contribution in [1.29, 1.82) is 0 Å². The van der Waals surface area contributed by atoms with Gasteiger partial charge in [-0.15, -0.1) is 10.2 Å². The standard InChI is InChI=1S/C18H17N5O4S/c1-12-20-21-18(22(12)13-6-4-3-5-7-13)28-11-17(24)19-15-9-8-14(27-2)10-16(15)23(25)26/h3-10H,11H2,1-2H3,(H,19,24). The van der Waals surface area contributed by atoms with E-state index in [4.69, 9.17) is 4.74 Å². The Hall–Kier alpha value is -3.40. The molecule has 0 saturated carbocycles. The van der Waals surface area contributed by atoms with E-state index < -0.39 is 10.8 Å². The maximum Gasteiger partial charge on any atom is 0.296 e. The number of aryl methyl sites for hydroxylation is 1. The van der Waals surface area contributed by atoms with Crippen molar-refractivity contribution < 1.29 is 14.5 Å². The number of nitro benzene ring substituents is 1. The minimum Gasteiger partial charge on any atom is -0.496 e. The second-order valence-corrected chi connectivity index (χ2v) is 6.62. The Labute approximate surface area is 164 Å². The third-order valence-corrected chi connectivity index (χ3v) is 4.75. The fourth-order valence-electron chi connectivity index (χ4n) is 2.52. The van der Waals surface area contributed by atoms with Crippen LogP contribution in [0.5, 0.6) is 5.75 Å². The molecule has 1 N–H and O–H groups in total. The molecule has 3 aromatic rings. The Kier molecular flexibility index (Phi) is 5.90. The predicted octanol–water partition coefficient (Wildman–Crippen LogP) is 3.22. The Balaban J connectivity index is 1.72. The molecule has 0 bridgehead atoms. The summed E-state index contributed by atoms with van der Waals surface area (Å²) in [5.41, 5.74) is 0.761. The zero-order valence-electron chi connectivity index (χ0n) is 15.2. The van der Waals surface area contributed by atoms with Gasteiger partial charge in [-0.25, -0.2) is 0 Å². The van der Waals surface area contributed by atoms with Crippen LogP contribution < -0.4 is 10.1 Å². The van der Waals surface area contributed by atoms with E-state index in [1.54, 1.807) is 6.07 Å². The van der Waals surface area contributed by atoms with Crippen LogP contribution in [0.4, 0.5) is 11.4 Å². The monoisotopic (exact) mass is 399 g/mol. The van der Waals surface area contributed by atoms with Crippen LogP contribution in [-0.4, -0.2) is 38.5 Å². The number of anilines is 1. The molecule has 1 heterocycles. The Morgan fingerprint density at radius 1 is 1.25 bits per heavy atom. The summed E-state index contributed by atoms with van der Waals surface area (Å²) in [5.74, 6) is 0.665. The van der Waals surface area contributed by atoms with Crippen molar-refractivity contribution in [2.24, 2.45) is 0 Å². The van der Waals surface area contributed by atoms with E-state index in [0.717, 1.165) is 5.69 Å². The zero-order chi connectivity index (χ0) is 20.1. The van der Waals surface area contributed by atoms with Gasteiger partial charge in [-0.2, -0.15) is 0 Å². The number of nitrogens with one attached hydrogen (secondary N) is 1. The van der Waals surface area contributed by atoms with Gasteiger partial charge >= 0.3 is 0 Å². The van der Waals surface area contributed by atoms with Crippen LogP contribution in [0.2, 0.25) is 0 Å². The molecule has 3 rings (SSSR count). The molecule has 9 nitrogen and oxygen atoms in total. The van der Waals surface area contributed by atoms with Crippen LogP contribution in [0.1, 0.15) is 5.82 Å². The lowest BCUT2D eigenvalue weighted by molar-refractivity contribution is -0.384. The summed E-state index contributed by atoms with van der Waals surface area (Å²) in [7, 11) is 1.42. The first-order chi connectivity index (χ1) is 13.5. The summed E-state index contributed by atoms with van der Waals surface area (Å²) in [6.45, 7) is 1.82. The topological polar surface area (TPSA) is 112 Å². The first-order valence-electron chi connectivity index (χ1n) is 8.22. The summed E-state index contributed by atoms with van der Waals surface area (Å²) in [6.07, 6.45) is 0. The molecule has 0 spiro atoms. The largest absolute Gasteiger partial charge is 0.496 e. The average molecular weight is 399 g/mol. The number of rotatable bonds is 7. The highest BCUT2D eigenvalue weighted by Gasteiger charge is 2.18. The number of methoxy groups -OCH3 is 1. The minimum absolute atomic E-state index is 0.0220. The summed E-state index contributed by atoms with van der Waals surface area (Å²) >= 11 is 1.19. The number of carbonyl (C=O) groups excluding carboxylic acids is 1. The number of nitrogens with zero attached hydrogens (tertiary/aromatic N) is 4. The van der Waals surface area contributed by atoms with Gasteiger partial charge < -0.3 is 10.1 Å². The SMILES string of the molecule is COc1ccc(NC(=O)CSc2nnc(C)n2-c2ccccc2)c([N+](=O)[O-])c1. The fourth-order valence-corrected chi connectivity index (χ4v) is 3.32. The van der Waals surface area contributed by atoms with Crippen LogP contribution >= 0.6 is 11.8 Å². The summed E-state index contributed by atoms with van der Waals surface area (Å²) in [5, 5.41) is 22.5. The van der Waals surface area contributed by atoms with E-state index in [1.165, 1.54) is 31.0 Å². The molecule has 0 aliphatic heterocycles. The number of hydrogen-bond donors (Lipinski definition) is 1. The molecule has 0 radical (unpaired) electrons. The average Bonchev–Trinajstić information content (AvgIpc) is 3.07. The van der Waals surface area contributed by atoms with Crippen LogP contribution in [0, 0.1) is 17.0 Å². The van der Waals surface area contributed by atoms with Crippen LogP contribution in [-0.2, 0) is 4.79 Å². The molecule has 0 atom stereocenters. The number of para-hydroxylation sites is 1. The van der Waals surface area contributed by atoms with Gasteiger partial charge in [-0.3, -0.25) is 19.5 Å². The highest BCUT2D eigenvalue weighted by atomic mass is 32.2. The lowest BCUT2D eigenvalue weighted by Gasteiger charge is -2.09. The smallest absolute Gasteiger partial charge is 0.296 e. The Morgan fingerprint density at radius 2 is 2.00 bits per heavy atom. The molecular weight excluding hydrogens is 382 g/mol. The van der Waals surface area contributed by atoms with Gasteiger partial charge in [0.25, 0.3) is 5.69 Å². The number of ether oxygens (including phenoxy) is 1. The van der Waals surface area contributed by atoms with Crippen molar-refractivity contribution >= 4 is 29.0 Å². The first kappa shape index (κ1) is 19.4. The van der Waals surface area contributed by atoms with Gasteiger partial charge in [0.1, 0.15) is 17.3 Å². The van der Waals surface area contributed by atoms with Crippen molar-refractivity contribution in [2.45, 2.75) is 12.1 Å². The molecule has 0 saturated heterocycles. The lowest BCUT2D eigenvalue weighted by Crippen LogP contribution is -2.15. The van der Waals surface area contributed by atoms with Crippen LogP contribution in [0.25, 0.3) is 5.69 Å². The predicted molar refractivity (Wildman–Crippen MR) is 105 cm³/mol. The maximum atomic E-state index is 12.3. The van der Waals surface area contributed by atoms with Crippen molar-refractivity contribution in [3.8, 4) is 11.4 Å². The van der Waals surface area contributed by atoms with E-state index >= 15 is 0 Å². The molecule has 144 valence electrons. The molecule has 0 unspecified atom stereocenters. The highest BCUT2D eigenvalue weighted by Crippen LogP contribution is 2.29. The summed E-state index contributed by atoms with van der Waals surface area (Å²) < 4.78 is 6.83. The van der Waals surface area contributed by atoms with Crippen molar-refractivity contribution in [3.05, 3.63) is 64.5 Å². The van der Waals surface area contributed by atoms with Gasteiger partial charge in [-0.1, -0.05) is 30.0 Å².